The first kappa shape index (κ1) is 17.1. The number of carbonyl (C=O) groups excluding carboxylic acids is 1. The molecule has 0 spiro atoms. The molecule has 2 N–H and O–H groups in total. The van der Waals surface area contributed by atoms with Crippen LogP contribution in [-0.2, 0) is 0 Å². The van der Waals surface area contributed by atoms with Gasteiger partial charge in [0.25, 0.3) is 0 Å². The van der Waals surface area contributed by atoms with Crippen LogP contribution in [0.3, 0.4) is 0 Å². The third-order valence-electron chi connectivity index (χ3n) is 3.30. The van der Waals surface area contributed by atoms with E-state index in [0.29, 0.717) is 16.4 Å². The Bertz CT molecular complexity index is 651. The van der Waals surface area contributed by atoms with Crippen molar-refractivity contribution < 1.29 is 4.79 Å². The molecule has 0 atom stereocenters. The Hall–Kier alpha value is -2.26. The summed E-state index contributed by atoms with van der Waals surface area (Å²) >= 11 is 5.90. The monoisotopic (exact) mass is 328 g/mol. The zero-order valence-corrected chi connectivity index (χ0v) is 13.9. The molecule has 23 heavy (non-hydrogen) atoms. The van der Waals surface area contributed by atoms with Gasteiger partial charge in [-0.25, -0.2) is 0 Å². The Morgan fingerprint density at radius 1 is 1.09 bits per heavy atom. The molecule has 2 aromatic carbocycles. The minimum absolute atomic E-state index is 0.0361. The number of ketones is 1. The summed E-state index contributed by atoms with van der Waals surface area (Å²) in [5.41, 5.74) is 1.55. The molecule has 0 saturated carbocycles. The summed E-state index contributed by atoms with van der Waals surface area (Å²) in [5.74, 6) is 0.653. The summed E-state index contributed by atoms with van der Waals surface area (Å²) in [6.45, 7) is 2.94. The van der Waals surface area contributed by atoms with E-state index in [1.807, 2.05) is 54.6 Å². The van der Waals surface area contributed by atoms with Crippen LogP contribution in [0.25, 0.3) is 0 Å². The zero-order chi connectivity index (χ0) is 16.5. The van der Waals surface area contributed by atoms with E-state index in [1.165, 1.54) is 0 Å². The summed E-state index contributed by atoms with van der Waals surface area (Å²) in [5, 5.41) is 7.20. The number of allylic oxidation sites excluding steroid dienone is 1. The predicted octanol–water partition coefficient (Wildman–Crippen LogP) is 4.87. The first-order chi connectivity index (χ1) is 11.2. The van der Waals surface area contributed by atoms with Gasteiger partial charge < -0.3 is 10.6 Å². The average molecular weight is 329 g/mol. The van der Waals surface area contributed by atoms with Crippen LogP contribution >= 0.6 is 11.6 Å². The second-order valence-corrected chi connectivity index (χ2v) is 5.64. The molecule has 0 aromatic heterocycles. The van der Waals surface area contributed by atoms with Gasteiger partial charge in [0.2, 0.25) is 0 Å². The van der Waals surface area contributed by atoms with Crippen LogP contribution in [0.15, 0.2) is 66.5 Å². The van der Waals surface area contributed by atoms with Crippen LogP contribution in [-0.4, -0.2) is 12.3 Å². The van der Waals surface area contributed by atoms with Crippen molar-refractivity contribution in [3.8, 4) is 0 Å². The van der Waals surface area contributed by atoms with Gasteiger partial charge in [0.15, 0.2) is 5.78 Å². The second-order valence-electron chi connectivity index (χ2n) is 5.20. The lowest BCUT2D eigenvalue weighted by atomic mass is 10.1. The van der Waals surface area contributed by atoms with Gasteiger partial charge in [-0.1, -0.05) is 55.3 Å². The van der Waals surface area contributed by atoms with E-state index in [4.69, 9.17) is 11.6 Å². The minimum Gasteiger partial charge on any atom is -0.372 e. The van der Waals surface area contributed by atoms with Crippen LogP contribution in [0.4, 0.5) is 5.69 Å². The average Bonchev–Trinajstić information content (AvgIpc) is 2.58. The Morgan fingerprint density at radius 2 is 1.78 bits per heavy atom. The van der Waals surface area contributed by atoms with Crippen molar-refractivity contribution in [3.63, 3.8) is 0 Å². The van der Waals surface area contributed by atoms with Crippen LogP contribution in [0.2, 0.25) is 5.02 Å². The van der Waals surface area contributed by atoms with Crippen LogP contribution in [0, 0.1) is 0 Å². The van der Waals surface area contributed by atoms with Crippen LogP contribution in [0.1, 0.15) is 30.1 Å². The molecule has 0 amide bonds. The summed E-state index contributed by atoms with van der Waals surface area (Å²) < 4.78 is 0. The number of unbranched alkanes of at least 4 members (excludes halogenated alkanes) is 1. The van der Waals surface area contributed by atoms with Crippen LogP contribution in [0.5, 0.6) is 0 Å². The SMILES string of the molecule is CCCCN/C(=C/C(=O)c1ccccc1)Nc1ccc(Cl)cc1. The highest BCUT2D eigenvalue weighted by Crippen LogP contribution is 2.15. The number of rotatable bonds is 8. The maximum absolute atomic E-state index is 12.4. The normalized spacial score (nSPS) is 11.1. The van der Waals surface area contributed by atoms with Gasteiger partial charge in [-0.2, -0.15) is 0 Å². The molecule has 0 bridgehead atoms. The second kappa shape index (κ2) is 9.01. The van der Waals surface area contributed by atoms with Gasteiger partial charge in [-0.15, -0.1) is 0 Å². The number of benzene rings is 2. The Kier molecular flexibility index (Phi) is 6.70. The fourth-order valence-electron chi connectivity index (χ4n) is 2.04. The van der Waals surface area contributed by atoms with Gasteiger partial charge in [-0.3, -0.25) is 4.79 Å². The summed E-state index contributed by atoms with van der Waals surface area (Å²) in [7, 11) is 0. The van der Waals surface area contributed by atoms with Crippen LogP contribution < -0.4 is 10.6 Å². The summed E-state index contributed by atoms with van der Waals surface area (Å²) in [6, 6.07) is 16.6. The summed E-state index contributed by atoms with van der Waals surface area (Å²) in [6.07, 6.45) is 3.73. The van der Waals surface area contributed by atoms with Crippen molar-refractivity contribution in [2.75, 3.05) is 11.9 Å². The maximum atomic E-state index is 12.4. The molecule has 0 saturated heterocycles. The van der Waals surface area contributed by atoms with Crippen molar-refractivity contribution in [1.29, 1.82) is 0 Å². The summed E-state index contributed by atoms with van der Waals surface area (Å²) in [4.78, 5) is 12.4. The van der Waals surface area contributed by atoms with Crippen molar-refractivity contribution in [2.45, 2.75) is 19.8 Å². The molecular weight excluding hydrogens is 308 g/mol. The van der Waals surface area contributed by atoms with E-state index >= 15 is 0 Å². The van der Waals surface area contributed by atoms with E-state index in [2.05, 4.69) is 17.6 Å². The van der Waals surface area contributed by atoms with E-state index in [0.717, 1.165) is 25.1 Å². The highest BCUT2D eigenvalue weighted by molar-refractivity contribution is 6.30. The Balaban J connectivity index is 2.13. The number of halogens is 1. The van der Waals surface area contributed by atoms with E-state index in [1.54, 1.807) is 6.08 Å². The molecule has 0 aliphatic carbocycles. The Morgan fingerprint density at radius 3 is 2.43 bits per heavy atom. The number of nitrogens with one attached hydrogen (secondary N) is 2. The standard InChI is InChI=1S/C19H21ClN2O/c1-2-3-13-21-19(22-17-11-9-16(20)10-12-17)14-18(23)15-7-5-4-6-8-15/h4-12,14,21-22H,2-3,13H2,1H3/b19-14-. The number of hydrogen-bond acceptors (Lipinski definition) is 3. The topological polar surface area (TPSA) is 41.1 Å². The molecule has 0 fully saturated rings. The van der Waals surface area contributed by atoms with Crippen molar-refractivity contribution in [1.82, 2.24) is 5.32 Å². The number of hydrogen-bond donors (Lipinski definition) is 2. The Labute approximate surface area is 142 Å². The fourth-order valence-corrected chi connectivity index (χ4v) is 2.16. The lowest BCUT2D eigenvalue weighted by Gasteiger charge is -2.13. The fraction of sp³-hybridized carbons (Fsp3) is 0.211. The van der Waals surface area contributed by atoms with Gasteiger partial charge in [0.05, 0.1) is 0 Å². The molecule has 2 aromatic rings. The molecule has 0 radical (unpaired) electrons. The van der Waals surface area contributed by atoms with E-state index in [9.17, 15) is 4.79 Å². The third-order valence-corrected chi connectivity index (χ3v) is 3.55. The zero-order valence-electron chi connectivity index (χ0n) is 13.2. The lowest BCUT2D eigenvalue weighted by Crippen LogP contribution is -2.22. The minimum atomic E-state index is -0.0361. The molecular formula is C19H21ClN2O. The molecule has 3 nitrogen and oxygen atoms in total. The van der Waals surface area contributed by atoms with Crippen molar-refractivity contribution >= 4 is 23.1 Å². The first-order valence-electron chi connectivity index (χ1n) is 7.76. The van der Waals surface area contributed by atoms with Gasteiger partial charge in [-0.05, 0) is 30.7 Å². The third kappa shape index (κ3) is 5.80. The predicted molar refractivity (Wildman–Crippen MR) is 96.8 cm³/mol. The molecule has 0 aliphatic heterocycles. The highest BCUT2D eigenvalue weighted by Gasteiger charge is 2.05. The molecule has 120 valence electrons. The van der Waals surface area contributed by atoms with Gasteiger partial charge in [0, 0.05) is 28.9 Å². The van der Waals surface area contributed by atoms with Crippen molar-refractivity contribution in [2.24, 2.45) is 0 Å². The molecule has 0 heterocycles. The maximum Gasteiger partial charge on any atom is 0.189 e. The molecule has 4 heteroatoms. The van der Waals surface area contributed by atoms with Gasteiger partial charge in [0.1, 0.15) is 5.82 Å². The number of anilines is 1. The lowest BCUT2D eigenvalue weighted by molar-refractivity contribution is 0.104. The van der Waals surface area contributed by atoms with E-state index in [-0.39, 0.29) is 5.78 Å². The number of carbonyl (C=O) groups is 1. The van der Waals surface area contributed by atoms with Gasteiger partial charge >= 0.3 is 0 Å². The van der Waals surface area contributed by atoms with E-state index < -0.39 is 0 Å². The first-order valence-corrected chi connectivity index (χ1v) is 8.14. The largest absolute Gasteiger partial charge is 0.372 e. The molecule has 0 unspecified atom stereocenters. The quantitative estimate of drug-likeness (QED) is 0.413. The molecule has 2 rings (SSSR count). The smallest absolute Gasteiger partial charge is 0.189 e. The highest BCUT2D eigenvalue weighted by atomic mass is 35.5. The van der Waals surface area contributed by atoms with Crippen molar-refractivity contribution in [3.05, 3.63) is 77.1 Å². The molecule has 0 aliphatic rings.